The van der Waals surface area contributed by atoms with E-state index in [1.54, 1.807) is 6.08 Å². The standard InChI is InChI=1S/C21H30N2O5/c1-20(2,3)14-9-13(10-15(17(14)24)21(4,5)6)11-16-18(25)23(12-28-16)19(26)22(7)27-8/h9-11,24H,12H2,1-8H3/b16-11-. The molecule has 2 rings (SSSR count). The molecule has 1 aliphatic rings. The van der Waals surface area contributed by atoms with E-state index in [4.69, 9.17) is 9.57 Å². The molecule has 0 saturated carbocycles. The van der Waals surface area contributed by atoms with Gasteiger partial charge in [0.05, 0.1) is 7.11 Å². The summed E-state index contributed by atoms with van der Waals surface area (Å²) in [5.41, 5.74) is 1.71. The molecule has 1 aliphatic heterocycles. The monoisotopic (exact) mass is 390 g/mol. The molecule has 0 unspecified atom stereocenters. The minimum Gasteiger partial charge on any atom is -0.507 e. The van der Waals surface area contributed by atoms with Gasteiger partial charge in [0.2, 0.25) is 0 Å². The number of phenolic OH excluding ortho intramolecular Hbond substituents is 1. The highest BCUT2D eigenvalue weighted by Crippen LogP contribution is 2.40. The summed E-state index contributed by atoms with van der Waals surface area (Å²) < 4.78 is 5.45. The quantitative estimate of drug-likeness (QED) is 0.614. The fraction of sp³-hybridized carbons (Fsp3) is 0.524. The van der Waals surface area contributed by atoms with Crippen molar-refractivity contribution in [3.05, 3.63) is 34.6 Å². The highest BCUT2D eigenvalue weighted by molar-refractivity contribution is 6.06. The second-order valence-electron chi connectivity index (χ2n) is 8.94. The molecule has 1 saturated heterocycles. The summed E-state index contributed by atoms with van der Waals surface area (Å²) in [4.78, 5) is 30.5. The highest BCUT2D eigenvalue weighted by atomic mass is 16.7. The normalized spacial score (nSPS) is 16.5. The first-order chi connectivity index (χ1) is 12.8. The number of phenols is 1. The number of urea groups is 1. The first-order valence-electron chi connectivity index (χ1n) is 9.13. The predicted octanol–water partition coefficient (Wildman–Crippen LogP) is 3.76. The number of carbonyl (C=O) groups excluding carboxylic acids is 2. The van der Waals surface area contributed by atoms with E-state index in [1.807, 2.05) is 53.7 Å². The predicted molar refractivity (Wildman–Crippen MR) is 106 cm³/mol. The molecular formula is C21H30N2O5. The van der Waals surface area contributed by atoms with Gasteiger partial charge in [-0.2, -0.15) is 0 Å². The molecule has 0 atom stereocenters. The van der Waals surface area contributed by atoms with Crippen molar-refractivity contribution in [1.29, 1.82) is 0 Å². The lowest BCUT2D eigenvalue weighted by atomic mass is 9.78. The largest absolute Gasteiger partial charge is 0.507 e. The van der Waals surface area contributed by atoms with Crippen LogP contribution in [0.1, 0.15) is 58.2 Å². The fourth-order valence-corrected chi connectivity index (χ4v) is 2.92. The van der Waals surface area contributed by atoms with Gasteiger partial charge in [-0.3, -0.25) is 9.63 Å². The highest BCUT2D eigenvalue weighted by Gasteiger charge is 2.35. The number of benzene rings is 1. The van der Waals surface area contributed by atoms with Crippen LogP contribution in [0.15, 0.2) is 17.9 Å². The molecule has 7 nitrogen and oxygen atoms in total. The minimum atomic E-state index is -0.604. The zero-order chi connectivity index (χ0) is 21.4. The first-order valence-corrected chi connectivity index (χ1v) is 9.13. The summed E-state index contributed by atoms with van der Waals surface area (Å²) in [5, 5.41) is 11.8. The lowest BCUT2D eigenvalue weighted by Gasteiger charge is -2.27. The zero-order valence-electron chi connectivity index (χ0n) is 17.9. The van der Waals surface area contributed by atoms with Gasteiger partial charge in [0.25, 0.3) is 5.91 Å². The number of hydroxylamine groups is 2. The van der Waals surface area contributed by atoms with Crippen LogP contribution in [0.4, 0.5) is 4.79 Å². The maximum atomic E-state index is 12.6. The van der Waals surface area contributed by atoms with Crippen LogP contribution in [0.5, 0.6) is 5.75 Å². The summed E-state index contributed by atoms with van der Waals surface area (Å²) in [5.74, 6) is -0.195. The SMILES string of the molecule is CON(C)C(=O)N1CO/C(=C\c2cc(C(C)(C)C)c(O)c(C(C)(C)C)c2)C1=O. The number of hydrogen-bond acceptors (Lipinski definition) is 5. The van der Waals surface area contributed by atoms with E-state index in [9.17, 15) is 14.7 Å². The Bertz CT molecular complexity index is 780. The Kier molecular flexibility index (Phi) is 5.80. The molecule has 0 radical (unpaired) electrons. The van der Waals surface area contributed by atoms with Gasteiger partial charge in [-0.25, -0.2) is 14.8 Å². The van der Waals surface area contributed by atoms with Crippen LogP contribution in [0.2, 0.25) is 0 Å². The first kappa shape index (κ1) is 21.8. The third kappa shape index (κ3) is 4.30. The molecule has 1 aromatic carbocycles. The van der Waals surface area contributed by atoms with Crippen LogP contribution in [-0.2, 0) is 25.2 Å². The molecule has 1 heterocycles. The molecule has 154 valence electrons. The summed E-state index contributed by atoms with van der Waals surface area (Å²) in [6.45, 7) is 11.9. The number of aromatic hydroxyl groups is 1. The van der Waals surface area contributed by atoms with E-state index in [-0.39, 0.29) is 29.1 Å². The van der Waals surface area contributed by atoms with Crippen LogP contribution in [0.25, 0.3) is 6.08 Å². The summed E-state index contributed by atoms with van der Waals surface area (Å²) in [6, 6.07) is 3.09. The Morgan fingerprint density at radius 1 is 1.18 bits per heavy atom. The van der Waals surface area contributed by atoms with Gasteiger partial charge in [0, 0.05) is 18.2 Å². The number of hydrogen-bond donors (Lipinski definition) is 1. The van der Waals surface area contributed by atoms with Crippen molar-refractivity contribution in [3.8, 4) is 5.75 Å². The van der Waals surface area contributed by atoms with E-state index in [1.165, 1.54) is 14.2 Å². The number of carbonyl (C=O) groups is 2. The van der Waals surface area contributed by atoms with Crippen LogP contribution < -0.4 is 0 Å². The van der Waals surface area contributed by atoms with Crippen molar-refractivity contribution in [2.75, 3.05) is 20.9 Å². The maximum absolute atomic E-state index is 12.6. The van der Waals surface area contributed by atoms with Crippen molar-refractivity contribution >= 4 is 18.0 Å². The van der Waals surface area contributed by atoms with Gasteiger partial charge in [0.15, 0.2) is 12.5 Å². The van der Waals surface area contributed by atoms with Crippen molar-refractivity contribution < 1.29 is 24.3 Å². The number of amides is 3. The van der Waals surface area contributed by atoms with Crippen LogP contribution >= 0.6 is 0 Å². The zero-order valence-corrected chi connectivity index (χ0v) is 17.9. The molecule has 3 amide bonds. The minimum absolute atomic E-state index is 0.0725. The Morgan fingerprint density at radius 3 is 2.11 bits per heavy atom. The van der Waals surface area contributed by atoms with Crippen LogP contribution in [0.3, 0.4) is 0 Å². The molecule has 1 aromatic rings. The molecular weight excluding hydrogens is 360 g/mol. The smallest absolute Gasteiger partial charge is 0.353 e. The third-order valence-electron chi connectivity index (χ3n) is 4.63. The maximum Gasteiger partial charge on any atom is 0.353 e. The molecule has 0 bridgehead atoms. The lowest BCUT2D eigenvalue weighted by Crippen LogP contribution is -2.41. The van der Waals surface area contributed by atoms with Crippen molar-refractivity contribution in [2.24, 2.45) is 0 Å². The third-order valence-corrected chi connectivity index (χ3v) is 4.63. The van der Waals surface area contributed by atoms with E-state index in [0.717, 1.165) is 26.7 Å². The van der Waals surface area contributed by atoms with Gasteiger partial charge in [-0.05, 0) is 34.6 Å². The van der Waals surface area contributed by atoms with Crippen molar-refractivity contribution in [1.82, 2.24) is 9.96 Å². The second kappa shape index (κ2) is 7.47. The molecule has 7 heteroatoms. The van der Waals surface area contributed by atoms with Gasteiger partial charge in [0.1, 0.15) is 5.75 Å². The topological polar surface area (TPSA) is 79.3 Å². The van der Waals surface area contributed by atoms with Gasteiger partial charge in [-0.15, -0.1) is 0 Å². The van der Waals surface area contributed by atoms with Crippen molar-refractivity contribution in [3.63, 3.8) is 0 Å². The number of ether oxygens (including phenoxy) is 1. The Hall–Kier alpha value is -2.54. The number of imide groups is 1. The van der Waals surface area contributed by atoms with E-state index < -0.39 is 11.9 Å². The average molecular weight is 390 g/mol. The Labute approximate surface area is 166 Å². The van der Waals surface area contributed by atoms with Gasteiger partial charge < -0.3 is 9.84 Å². The van der Waals surface area contributed by atoms with E-state index in [0.29, 0.717) is 0 Å². The summed E-state index contributed by atoms with van der Waals surface area (Å²) in [7, 11) is 2.76. The number of nitrogens with zero attached hydrogens (tertiary/aromatic N) is 2. The van der Waals surface area contributed by atoms with Gasteiger partial charge in [-0.1, -0.05) is 41.5 Å². The summed E-state index contributed by atoms with van der Waals surface area (Å²) >= 11 is 0. The molecule has 0 aliphatic carbocycles. The Morgan fingerprint density at radius 2 is 1.68 bits per heavy atom. The van der Waals surface area contributed by atoms with Crippen LogP contribution in [0, 0.1) is 0 Å². The van der Waals surface area contributed by atoms with Crippen molar-refractivity contribution in [2.45, 2.75) is 52.4 Å². The second-order valence-corrected chi connectivity index (χ2v) is 8.94. The molecule has 1 fully saturated rings. The number of rotatable bonds is 2. The molecule has 0 aromatic heterocycles. The van der Waals surface area contributed by atoms with E-state index >= 15 is 0 Å². The molecule has 1 N–H and O–H groups in total. The molecule has 0 spiro atoms. The lowest BCUT2D eigenvalue weighted by molar-refractivity contribution is -0.126. The van der Waals surface area contributed by atoms with Crippen LogP contribution in [-0.4, -0.2) is 47.9 Å². The average Bonchev–Trinajstić information content (AvgIpc) is 2.93. The van der Waals surface area contributed by atoms with Gasteiger partial charge >= 0.3 is 6.03 Å². The fourth-order valence-electron chi connectivity index (χ4n) is 2.92. The molecule has 28 heavy (non-hydrogen) atoms. The Balaban J connectivity index is 2.49. The summed E-state index contributed by atoms with van der Waals surface area (Å²) in [6.07, 6.45) is 1.60. The van der Waals surface area contributed by atoms with E-state index in [2.05, 4.69) is 0 Å².